The van der Waals surface area contributed by atoms with E-state index in [-0.39, 0.29) is 18.1 Å². The highest BCUT2D eigenvalue weighted by Crippen LogP contribution is 2.25. The quantitative estimate of drug-likeness (QED) is 0.840. The zero-order chi connectivity index (χ0) is 15.3. The Balaban J connectivity index is 2.71. The van der Waals surface area contributed by atoms with E-state index >= 15 is 0 Å². The van der Waals surface area contributed by atoms with Gasteiger partial charge < -0.3 is 9.84 Å². The molecule has 20 heavy (non-hydrogen) atoms. The molecule has 4 nitrogen and oxygen atoms in total. The molecule has 0 saturated carbocycles. The topological polar surface area (TPSA) is 58.6 Å². The van der Waals surface area contributed by atoms with Crippen molar-refractivity contribution in [2.24, 2.45) is 0 Å². The minimum absolute atomic E-state index is 0.0434. The van der Waals surface area contributed by atoms with Crippen LogP contribution in [-0.2, 0) is 10.2 Å². The normalized spacial score (nSPS) is 13.3. The minimum atomic E-state index is -0.898. The smallest absolute Gasteiger partial charge is 0.324 e. The molecule has 2 N–H and O–H groups in total. The van der Waals surface area contributed by atoms with Gasteiger partial charge in [-0.25, -0.2) is 0 Å². The van der Waals surface area contributed by atoms with Crippen LogP contribution in [0.1, 0.15) is 40.2 Å². The van der Waals surface area contributed by atoms with Crippen LogP contribution in [0.5, 0.6) is 5.75 Å². The molecule has 1 rings (SSSR count). The summed E-state index contributed by atoms with van der Waals surface area (Å²) in [6.07, 6.45) is 0. The largest absolute Gasteiger partial charge is 0.491 e. The van der Waals surface area contributed by atoms with Gasteiger partial charge in [-0.3, -0.25) is 10.1 Å². The van der Waals surface area contributed by atoms with Crippen molar-refractivity contribution in [3.05, 3.63) is 29.8 Å². The number of carbonyl (C=O) groups is 1. The molecule has 0 heterocycles. The Hall–Kier alpha value is -1.55. The summed E-state index contributed by atoms with van der Waals surface area (Å²) in [5.41, 5.74) is 1.21. The summed E-state index contributed by atoms with van der Waals surface area (Å²) in [6.45, 7) is 10.3. The van der Waals surface area contributed by atoms with E-state index in [1.165, 1.54) is 5.56 Å². The van der Waals surface area contributed by atoms with Crippen molar-refractivity contribution in [1.82, 2.24) is 5.32 Å². The summed E-state index contributed by atoms with van der Waals surface area (Å²) in [5.74, 6) is -0.195. The van der Waals surface area contributed by atoms with Gasteiger partial charge in [0.15, 0.2) is 0 Å². The lowest BCUT2D eigenvalue weighted by Crippen LogP contribution is -2.44. The molecular weight excluding hydrogens is 254 g/mol. The first-order valence-corrected chi connectivity index (χ1v) is 6.92. The maximum absolute atomic E-state index is 11.1. The number of hydrogen-bond acceptors (Lipinski definition) is 3. The molecule has 0 aromatic heterocycles. The highest BCUT2D eigenvalue weighted by molar-refractivity contribution is 5.73. The van der Waals surface area contributed by atoms with E-state index in [0.29, 0.717) is 5.75 Å². The Morgan fingerprint density at radius 2 is 2.00 bits per heavy atom. The Morgan fingerprint density at radius 1 is 1.35 bits per heavy atom. The Bertz CT molecular complexity index is 449. The van der Waals surface area contributed by atoms with Crippen LogP contribution in [0.15, 0.2) is 24.3 Å². The average molecular weight is 279 g/mol. The van der Waals surface area contributed by atoms with Crippen molar-refractivity contribution < 1.29 is 14.6 Å². The summed E-state index contributed by atoms with van der Waals surface area (Å²) < 4.78 is 5.62. The van der Waals surface area contributed by atoms with Crippen LogP contribution in [0.4, 0.5) is 0 Å². The molecule has 112 valence electrons. The zero-order valence-electron chi connectivity index (χ0n) is 12.9. The molecule has 0 amide bonds. The van der Waals surface area contributed by atoms with Gasteiger partial charge in [0.1, 0.15) is 18.4 Å². The molecule has 4 heteroatoms. The van der Waals surface area contributed by atoms with Crippen LogP contribution in [0.3, 0.4) is 0 Å². The molecule has 0 fully saturated rings. The number of carboxylic acid groups (broad SMARTS) is 1. The molecule has 0 saturated heterocycles. The van der Waals surface area contributed by atoms with Gasteiger partial charge in [0.2, 0.25) is 0 Å². The summed E-state index contributed by atoms with van der Waals surface area (Å²) in [4.78, 5) is 11.1. The highest BCUT2D eigenvalue weighted by atomic mass is 16.5. The van der Waals surface area contributed by atoms with Gasteiger partial charge >= 0.3 is 5.97 Å². The predicted octanol–water partition coefficient (Wildman–Crippen LogP) is 2.81. The van der Waals surface area contributed by atoms with Gasteiger partial charge in [0, 0.05) is 6.04 Å². The maximum Gasteiger partial charge on any atom is 0.324 e. The lowest BCUT2D eigenvalue weighted by molar-refractivity contribution is -0.140. The van der Waals surface area contributed by atoms with Crippen LogP contribution >= 0.6 is 0 Å². The second-order valence-electron chi connectivity index (χ2n) is 6.30. The zero-order valence-corrected chi connectivity index (χ0v) is 12.9. The fourth-order valence-electron chi connectivity index (χ4n) is 1.83. The summed E-state index contributed by atoms with van der Waals surface area (Å²) in [5, 5.41) is 12.1. The molecule has 0 radical (unpaired) electrons. The van der Waals surface area contributed by atoms with Crippen LogP contribution in [0.25, 0.3) is 0 Å². The van der Waals surface area contributed by atoms with Crippen molar-refractivity contribution in [2.75, 3.05) is 6.61 Å². The molecule has 0 bridgehead atoms. The predicted molar refractivity (Wildman–Crippen MR) is 80.3 cm³/mol. The molecule has 0 aliphatic carbocycles. The number of nitrogens with one attached hydrogen (secondary N) is 1. The molecule has 1 atom stereocenters. The maximum atomic E-state index is 11.1. The van der Waals surface area contributed by atoms with Crippen LogP contribution < -0.4 is 10.1 Å². The van der Waals surface area contributed by atoms with Crippen molar-refractivity contribution in [2.45, 2.75) is 52.1 Å². The lowest BCUT2D eigenvalue weighted by atomic mass is 9.87. The first-order valence-electron chi connectivity index (χ1n) is 6.92. The fourth-order valence-corrected chi connectivity index (χ4v) is 1.83. The second-order valence-corrected chi connectivity index (χ2v) is 6.30. The summed E-state index contributed by atoms with van der Waals surface area (Å²) in [6, 6.07) is 7.20. The van der Waals surface area contributed by atoms with Gasteiger partial charge in [-0.2, -0.15) is 0 Å². The number of aliphatic carboxylic acids is 1. The van der Waals surface area contributed by atoms with Crippen LogP contribution in [0.2, 0.25) is 0 Å². The van der Waals surface area contributed by atoms with Gasteiger partial charge in [0.05, 0.1) is 0 Å². The van der Waals surface area contributed by atoms with E-state index in [1.54, 1.807) is 0 Å². The fraction of sp³-hybridized carbons (Fsp3) is 0.562. The van der Waals surface area contributed by atoms with Gasteiger partial charge in [0.25, 0.3) is 0 Å². The molecule has 0 aliphatic heterocycles. The van der Waals surface area contributed by atoms with Crippen molar-refractivity contribution in [3.63, 3.8) is 0 Å². The molecule has 1 aromatic carbocycles. The Kier molecular flexibility index (Phi) is 5.57. The Labute approximate surface area is 121 Å². The Morgan fingerprint density at radius 3 is 2.50 bits per heavy atom. The van der Waals surface area contributed by atoms with Crippen molar-refractivity contribution in [3.8, 4) is 5.75 Å². The molecule has 0 aliphatic rings. The number of carboxylic acids is 1. The van der Waals surface area contributed by atoms with E-state index in [4.69, 9.17) is 9.84 Å². The van der Waals surface area contributed by atoms with E-state index in [2.05, 4.69) is 26.1 Å². The van der Waals surface area contributed by atoms with E-state index in [0.717, 1.165) is 0 Å². The van der Waals surface area contributed by atoms with Crippen molar-refractivity contribution >= 4 is 5.97 Å². The van der Waals surface area contributed by atoms with Gasteiger partial charge in [-0.05, 0) is 23.1 Å². The first kappa shape index (κ1) is 16.5. The molecule has 1 unspecified atom stereocenters. The van der Waals surface area contributed by atoms with Gasteiger partial charge in [-0.1, -0.05) is 46.8 Å². The van der Waals surface area contributed by atoms with Crippen LogP contribution in [-0.4, -0.2) is 29.8 Å². The van der Waals surface area contributed by atoms with Crippen LogP contribution in [0, 0.1) is 0 Å². The molecule has 0 spiro atoms. The van der Waals surface area contributed by atoms with E-state index in [1.807, 2.05) is 38.1 Å². The number of rotatable bonds is 6. The monoisotopic (exact) mass is 279 g/mol. The average Bonchev–Trinajstić information content (AvgIpc) is 2.33. The summed E-state index contributed by atoms with van der Waals surface area (Å²) >= 11 is 0. The SMILES string of the molecule is CC(C)NC(COc1cccc(C(C)(C)C)c1)C(=O)O. The molecule has 1 aromatic rings. The van der Waals surface area contributed by atoms with E-state index < -0.39 is 12.0 Å². The van der Waals surface area contributed by atoms with E-state index in [9.17, 15) is 4.79 Å². The third-order valence-electron chi connectivity index (χ3n) is 2.95. The highest BCUT2D eigenvalue weighted by Gasteiger charge is 2.19. The standard InChI is InChI=1S/C16H25NO3/c1-11(2)17-14(15(18)19)10-20-13-8-6-7-12(9-13)16(3,4)5/h6-9,11,14,17H,10H2,1-5H3,(H,18,19). The summed E-state index contributed by atoms with van der Waals surface area (Å²) in [7, 11) is 0. The number of benzene rings is 1. The molecular formula is C16H25NO3. The first-order chi connectivity index (χ1) is 9.20. The van der Waals surface area contributed by atoms with Crippen molar-refractivity contribution in [1.29, 1.82) is 0 Å². The number of hydrogen-bond donors (Lipinski definition) is 2. The lowest BCUT2D eigenvalue weighted by Gasteiger charge is -2.21. The third-order valence-corrected chi connectivity index (χ3v) is 2.95. The second kappa shape index (κ2) is 6.75. The third kappa shape index (κ3) is 5.21. The van der Waals surface area contributed by atoms with Gasteiger partial charge in [-0.15, -0.1) is 0 Å². The minimum Gasteiger partial charge on any atom is -0.491 e. The number of ether oxygens (including phenoxy) is 1.